The molecule has 16 heavy (non-hydrogen) atoms. The minimum absolute atomic E-state index is 0.719. The van der Waals surface area contributed by atoms with Gasteiger partial charge in [0, 0.05) is 52.4 Å². The third kappa shape index (κ3) is 1.30. The molecule has 4 saturated heterocycles. The van der Waals surface area contributed by atoms with Crippen LogP contribution in [0.2, 0.25) is 0 Å². The fraction of sp³-hybridized carbons (Fsp3) is 1.00. The van der Waals surface area contributed by atoms with Crippen molar-refractivity contribution in [3.63, 3.8) is 0 Å². The predicted octanol–water partition coefficient (Wildman–Crippen LogP) is -0.319. The lowest BCUT2D eigenvalue weighted by Crippen LogP contribution is -2.77. The molecule has 0 unspecified atom stereocenters. The maximum Gasteiger partial charge on any atom is 0.0922 e. The molecule has 4 heteroatoms. The summed E-state index contributed by atoms with van der Waals surface area (Å²) in [4.78, 5) is 11.0. The highest BCUT2D eigenvalue weighted by Crippen LogP contribution is 2.31. The Labute approximate surface area is 97.8 Å². The van der Waals surface area contributed by atoms with Crippen molar-refractivity contribution in [3.8, 4) is 0 Å². The van der Waals surface area contributed by atoms with E-state index in [4.69, 9.17) is 0 Å². The fourth-order valence-electron chi connectivity index (χ4n) is 4.19. The average Bonchev–Trinajstić information content (AvgIpc) is 2.36. The van der Waals surface area contributed by atoms with Crippen LogP contribution >= 0.6 is 0 Å². The first kappa shape index (κ1) is 9.83. The van der Waals surface area contributed by atoms with Gasteiger partial charge < -0.3 is 0 Å². The van der Waals surface area contributed by atoms with E-state index in [-0.39, 0.29) is 0 Å². The molecule has 0 aliphatic carbocycles. The van der Waals surface area contributed by atoms with Crippen LogP contribution in [0.4, 0.5) is 0 Å². The first-order chi connectivity index (χ1) is 7.93. The predicted molar refractivity (Wildman–Crippen MR) is 63.1 cm³/mol. The molecule has 0 amide bonds. The van der Waals surface area contributed by atoms with E-state index in [1.54, 1.807) is 0 Å². The summed E-state index contributed by atoms with van der Waals surface area (Å²) in [6.07, 6.45) is 4.19. The topological polar surface area (TPSA) is 13.0 Å². The lowest BCUT2D eigenvalue weighted by molar-refractivity contribution is -0.179. The Kier molecular flexibility index (Phi) is 2.25. The molecule has 4 fully saturated rings. The summed E-state index contributed by atoms with van der Waals surface area (Å²) in [5.41, 5.74) is 0. The number of hydrogen-bond donors (Lipinski definition) is 0. The van der Waals surface area contributed by atoms with Crippen molar-refractivity contribution < 1.29 is 0 Å². The van der Waals surface area contributed by atoms with Crippen molar-refractivity contribution in [2.45, 2.75) is 25.2 Å². The molecule has 90 valence electrons. The third-order valence-corrected chi connectivity index (χ3v) is 4.89. The molecule has 4 aliphatic heterocycles. The Balaban J connectivity index is 1.67. The van der Waals surface area contributed by atoms with Crippen molar-refractivity contribution in [1.82, 2.24) is 19.6 Å². The zero-order valence-electron chi connectivity index (χ0n) is 10.0. The van der Waals surface area contributed by atoms with Crippen molar-refractivity contribution in [1.29, 1.82) is 0 Å². The van der Waals surface area contributed by atoms with Crippen LogP contribution in [0.5, 0.6) is 0 Å². The molecule has 4 nitrogen and oxygen atoms in total. The Morgan fingerprint density at radius 3 is 1.06 bits per heavy atom. The van der Waals surface area contributed by atoms with Crippen molar-refractivity contribution in [2.75, 3.05) is 52.4 Å². The number of piperazine rings is 2. The Morgan fingerprint density at radius 2 is 0.750 bits per heavy atom. The molecule has 4 rings (SSSR count). The van der Waals surface area contributed by atoms with E-state index in [9.17, 15) is 0 Å². The Hall–Kier alpha value is -0.160. The monoisotopic (exact) mass is 222 g/mol. The summed E-state index contributed by atoms with van der Waals surface area (Å²) in [7, 11) is 0. The average molecular weight is 222 g/mol. The molecule has 0 N–H and O–H groups in total. The zero-order valence-corrected chi connectivity index (χ0v) is 10.0. The van der Waals surface area contributed by atoms with Gasteiger partial charge in [-0.1, -0.05) is 0 Å². The van der Waals surface area contributed by atoms with Gasteiger partial charge in [-0.3, -0.25) is 19.6 Å². The van der Waals surface area contributed by atoms with E-state index in [0.717, 1.165) is 12.3 Å². The lowest BCUT2D eigenvalue weighted by atomic mass is 10.0. The van der Waals surface area contributed by atoms with Gasteiger partial charge in [-0.05, 0) is 12.8 Å². The molecule has 0 aromatic rings. The normalized spacial score (nSPS) is 42.0. The standard InChI is InChI=1S/C12H22N4/c1-3-13-7-9-15-5-2-6-16-10-8-14(4-1)11(13)12(15)16/h11-12H,1-10H2/t11-,12+. The minimum atomic E-state index is 0.719. The first-order valence-corrected chi connectivity index (χ1v) is 6.90. The summed E-state index contributed by atoms with van der Waals surface area (Å²) in [5.74, 6) is 0. The van der Waals surface area contributed by atoms with Gasteiger partial charge >= 0.3 is 0 Å². The van der Waals surface area contributed by atoms with Crippen molar-refractivity contribution in [3.05, 3.63) is 0 Å². The van der Waals surface area contributed by atoms with Crippen LogP contribution in [0.15, 0.2) is 0 Å². The molecule has 0 saturated carbocycles. The van der Waals surface area contributed by atoms with Crippen molar-refractivity contribution >= 4 is 0 Å². The molecule has 0 atom stereocenters. The van der Waals surface area contributed by atoms with E-state index in [0.29, 0.717) is 0 Å². The summed E-state index contributed by atoms with van der Waals surface area (Å²) in [5, 5.41) is 0. The molecule has 0 aromatic carbocycles. The van der Waals surface area contributed by atoms with E-state index >= 15 is 0 Å². The quantitative estimate of drug-likeness (QED) is 0.557. The second kappa shape index (κ2) is 3.67. The smallest absolute Gasteiger partial charge is 0.0922 e. The SMILES string of the molecule is C1CN2CCN3CCCN4CCN(C1)[C@H]2[C@@H]43. The van der Waals surface area contributed by atoms with Crippen LogP contribution in [-0.2, 0) is 0 Å². The van der Waals surface area contributed by atoms with Gasteiger partial charge in [0.1, 0.15) is 0 Å². The number of hydrogen-bond acceptors (Lipinski definition) is 4. The third-order valence-electron chi connectivity index (χ3n) is 4.89. The maximum atomic E-state index is 2.74. The second-order valence-corrected chi connectivity index (χ2v) is 5.68. The highest BCUT2D eigenvalue weighted by molar-refractivity contribution is 4.99. The molecule has 0 radical (unpaired) electrons. The second-order valence-electron chi connectivity index (χ2n) is 5.68. The van der Waals surface area contributed by atoms with Crippen LogP contribution in [0.3, 0.4) is 0 Å². The van der Waals surface area contributed by atoms with Gasteiger partial charge in [0.05, 0.1) is 12.3 Å². The van der Waals surface area contributed by atoms with E-state index in [1.807, 2.05) is 0 Å². The van der Waals surface area contributed by atoms with Gasteiger partial charge in [0.15, 0.2) is 0 Å². The highest BCUT2D eigenvalue weighted by Gasteiger charge is 2.47. The largest absolute Gasteiger partial charge is 0.284 e. The Bertz CT molecular complexity index is 230. The van der Waals surface area contributed by atoms with Gasteiger partial charge in [-0.25, -0.2) is 0 Å². The molecular weight excluding hydrogens is 200 g/mol. The maximum absolute atomic E-state index is 2.74. The lowest BCUT2D eigenvalue weighted by Gasteiger charge is -2.61. The van der Waals surface area contributed by atoms with E-state index in [2.05, 4.69) is 19.6 Å². The molecule has 0 aromatic heterocycles. The van der Waals surface area contributed by atoms with Crippen LogP contribution in [0.1, 0.15) is 12.8 Å². The molecule has 0 spiro atoms. The summed E-state index contributed by atoms with van der Waals surface area (Å²) >= 11 is 0. The minimum Gasteiger partial charge on any atom is -0.284 e. The first-order valence-electron chi connectivity index (χ1n) is 6.90. The summed E-state index contributed by atoms with van der Waals surface area (Å²) < 4.78 is 0. The van der Waals surface area contributed by atoms with Crippen LogP contribution < -0.4 is 0 Å². The number of rotatable bonds is 0. The molecule has 0 bridgehead atoms. The zero-order chi connectivity index (χ0) is 10.5. The summed E-state index contributed by atoms with van der Waals surface area (Å²) in [6.45, 7) is 10.5. The fourth-order valence-corrected chi connectivity index (χ4v) is 4.19. The van der Waals surface area contributed by atoms with Gasteiger partial charge in [0.2, 0.25) is 0 Å². The van der Waals surface area contributed by atoms with Gasteiger partial charge in [-0.15, -0.1) is 0 Å². The van der Waals surface area contributed by atoms with E-state index < -0.39 is 0 Å². The van der Waals surface area contributed by atoms with Crippen LogP contribution in [0, 0.1) is 0 Å². The van der Waals surface area contributed by atoms with Gasteiger partial charge in [0.25, 0.3) is 0 Å². The van der Waals surface area contributed by atoms with Gasteiger partial charge in [-0.2, -0.15) is 0 Å². The van der Waals surface area contributed by atoms with E-state index in [1.165, 1.54) is 65.2 Å². The van der Waals surface area contributed by atoms with Crippen LogP contribution in [-0.4, -0.2) is 84.3 Å². The molecular formula is C12H22N4. The molecule has 4 heterocycles. The number of nitrogens with zero attached hydrogens (tertiary/aromatic N) is 4. The highest BCUT2D eigenvalue weighted by atomic mass is 15.5. The summed E-state index contributed by atoms with van der Waals surface area (Å²) in [6, 6.07) is 0. The Morgan fingerprint density at radius 1 is 0.438 bits per heavy atom. The van der Waals surface area contributed by atoms with Crippen molar-refractivity contribution in [2.24, 2.45) is 0 Å². The molecule has 4 aliphatic rings. The van der Waals surface area contributed by atoms with Crippen LogP contribution in [0.25, 0.3) is 0 Å².